The number of Topliss-reactive ketones (excluding diaryl/α,β-unsaturated/α-hetero) is 1. The first-order chi connectivity index (χ1) is 6.50. The summed E-state index contributed by atoms with van der Waals surface area (Å²) in [5, 5.41) is 0. The summed E-state index contributed by atoms with van der Waals surface area (Å²) in [6, 6.07) is 0.253. The van der Waals surface area contributed by atoms with Crippen molar-refractivity contribution in [2.75, 3.05) is 26.7 Å². The molecule has 14 heavy (non-hydrogen) atoms. The van der Waals surface area contributed by atoms with Gasteiger partial charge in [0.15, 0.2) is 0 Å². The molecular formula is C10H18N2O2. The van der Waals surface area contributed by atoms with E-state index in [4.69, 9.17) is 0 Å². The topological polar surface area (TPSA) is 40.6 Å². The monoisotopic (exact) mass is 198 g/mol. The first-order valence-electron chi connectivity index (χ1n) is 4.98. The molecule has 1 rings (SSSR count). The van der Waals surface area contributed by atoms with Crippen molar-refractivity contribution in [2.24, 2.45) is 0 Å². The number of ketones is 1. The lowest BCUT2D eigenvalue weighted by Gasteiger charge is -2.37. The van der Waals surface area contributed by atoms with Crippen molar-refractivity contribution in [3.8, 4) is 0 Å². The van der Waals surface area contributed by atoms with Crippen LogP contribution in [-0.2, 0) is 9.59 Å². The first kappa shape index (κ1) is 11.2. The van der Waals surface area contributed by atoms with Crippen LogP contribution in [0.5, 0.6) is 0 Å². The molecule has 0 aromatic carbocycles. The Hall–Kier alpha value is -0.900. The minimum absolute atomic E-state index is 0.146. The highest BCUT2D eigenvalue weighted by Crippen LogP contribution is 2.08. The highest BCUT2D eigenvalue weighted by atomic mass is 16.2. The smallest absolute Gasteiger partial charge is 0.236 e. The van der Waals surface area contributed by atoms with Crippen LogP contribution in [0, 0.1) is 0 Å². The lowest BCUT2D eigenvalue weighted by Crippen LogP contribution is -2.53. The highest BCUT2D eigenvalue weighted by Gasteiger charge is 2.26. The first-order valence-corrected chi connectivity index (χ1v) is 4.98. The second-order valence-electron chi connectivity index (χ2n) is 4.04. The maximum atomic E-state index is 11.5. The third-order valence-electron chi connectivity index (χ3n) is 2.72. The van der Waals surface area contributed by atoms with Crippen LogP contribution in [0.4, 0.5) is 0 Å². The van der Waals surface area contributed by atoms with Gasteiger partial charge in [-0.25, -0.2) is 0 Å². The number of hydrogen-bond acceptors (Lipinski definition) is 3. The molecule has 1 atom stereocenters. The fourth-order valence-electron chi connectivity index (χ4n) is 1.60. The Morgan fingerprint density at radius 1 is 1.57 bits per heavy atom. The van der Waals surface area contributed by atoms with E-state index in [1.165, 1.54) is 0 Å². The van der Waals surface area contributed by atoms with Crippen LogP contribution in [0.1, 0.15) is 20.3 Å². The molecule has 0 bridgehead atoms. The molecule has 1 saturated heterocycles. The maximum absolute atomic E-state index is 11.5. The average molecular weight is 198 g/mol. The van der Waals surface area contributed by atoms with Crippen LogP contribution in [0.25, 0.3) is 0 Å². The van der Waals surface area contributed by atoms with Gasteiger partial charge in [-0.3, -0.25) is 14.5 Å². The number of nitrogens with zero attached hydrogens (tertiary/aromatic N) is 2. The summed E-state index contributed by atoms with van der Waals surface area (Å²) >= 11 is 0. The summed E-state index contributed by atoms with van der Waals surface area (Å²) < 4.78 is 0. The number of carbonyl (C=O) groups is 2. The van der Waals surface area contributed by atoms with E-state index in [0.717, 1.165) is 6.54 Å². The van der Waals surface area contributed by atoms with Crippen molar-refractivity contribution in [1.82, 2.24) is 9.80 Å². The van der Waals surface area contributed by atoms with E-state index in [9.17, 15) is 9.59 Å². The zero-order valence-corrected chi connectivity index (χ0v) is 9.12. The van der Waals surface area contributed by atoms with E-state index < -0.39 is 0 Å². The molecule has 0 spiro atoms. The highest BCUT2D eigenvalue weighted by molar-refractivity contribution is 5.79. The van der Waals surface area contributed by atoms with Gasteiger partial charge in [0.25, 0.3) is 0 Å². The van der Waals surface area contributed by atoms with Gasteiger partial charge in [0.05, 0.1) is 6.54 Å². The molecule has 1 fully saturated rings. The molecule has 1 aliphatic heterocycles. The molecule has 0 aliphatic carbocycles. The van der Waals surface area contributed by atoms with Crippen molar-refractivity contribution in [2.45, 2.75) is 26.3 Å². The molecule has 4 heteroatoms. The minimum atomic E-state index is 0.146. The number of rotatable bonds is 3. The van der Waals surface area contributed by atoms with Crippen molar-refractivity contribution in [3.63, 3.8) is 0 Å². The van der Waals surface area contributed by atoms with Crippen molar-refractivity contribution in [3.05, 3.63) is 0 Å². The van der Waals surface area contributed by atoms with Gasteiger partial charge in [-0.1, -0.05) is 0 Å². The Bertz CT molecular complexity index is 240. The molecule has 0 aromatic heterocycles. The van der Waals surface area contributed by atoms with Crippen LogP contribution in [0.2, 0.25) is 0 Å². The number of amides is 1. The molecule has 1 unspecified atom stereocenters. The van der Waals surface area contributed by atoms with Gasteiger partial charge in [-0.15, -0.1) is 0 Å². The maximum Gasteiger partial charge on any atom is 0.236 e. The van der Waals surface area contributed by atoms with Crippen LogP contribution in [-0.4, -0.2) is 54.2 Å². The molecule has 0 aromatic rings. The molecular weight excluding hydrogens is 180 g/mol. The van der Waals surface area contributed by atoms with Gasteiger partial charge < -0.3 is 4.90 Å². The summed E-state index contributed by atoms with van der Waals surface area (Å²) in [5.41, 5.74) is 0. The summed E-state index contributed by atoms with van der Waals surface area (Å²) in [5.74, 6) is 0.330. The van der Waals surface area contributed by atoms with E-state index in [2.05, 4.69) is 4.90 Å². The minimum Gasteiger partial charge on any atom is -0.341 e. The third-order valence-corrected chi connectivity index (χ3v) is 2.72. The average Bonchev–Trinajstić information content (AvgIpc) is 2.10. The standard InChI is InChI=1S/C10H18N2O2/c1-8-6-12(5-4-9(2)13)7-10(14)11(8)3/h8H,4-7H2,1-3H3. The van der Waals surface area contributed by atoms with Gasteiger partial charge in [-0.2, -0.15) is 0 Å². The van der Waals surface area contributed by atoms with Gasteiger partial charge in [-0.05, 0) is 13.8 Å². The van der Waals surface area contributed by atoms with E-state index in [1.54, 1.807) is 11.8 Å². The normalized spacial score (nSPS) is 24.1. The predicted octanol–water partition coefficient (Wildman–Crippen LogP) is 0.128. The second kappa shape index (κ2) is 4.55. The summed E-state index contributed by atoms with van der Waals surface area (Å²) in [4.78, 5) is 26.1. The quantitative estimate of drug-likeness (QED) is 0.647. The van der Waals surface area contributed by atoms with Gasteiger partial charge in [0, 0.05) is 32.6 Å². The summed E-state index contributed by atoms with van der Waals surface area (Å²) in [7, 11) is 1.83. The molecule has 1 amide bonds. The van der Waals surface area contributed by atoms with Gasteiger partial charge >= 0.3 is 0 Å². The molecule has 1 aliphatic rings. The fraction of sp³-hybridized carbons (Fsp3) is 0.800. The molecule has 1 heterocycles. The lowest BCUT2D eigenvalue weighted by atomic mass is 10.2. The summed E-state index contributed by atoms with van der Waals surface area (Å²) in [6.07, 6.45) is 0.545. The molecule has 80 valence electrons. The third kappa shape index (κ3) is 2.80. The van der Waals surface area contributed by atoms with E-state index >= 15 is 0 Å². The number of hydrogen-bond donors (Lipinski definition) is 0. The summed E-state index contributed by atoms with van der Waals surface area (Å²) in [6.45, 7) is 5.64. The largest absolute Gasteiger partial charge is 0.341 e. The Morgan fingerprint density at radius 2 is 2.21 bits per heavy atom. The van der Waals surface area contributed by atoms with E-state index in [1.807, 2.05) is 14.0 Å². The Labute approximate surface area is 84.9 Å². The SMILES string of the molecule is CC(=O)CCN1CC(=O)N(C)C(C)C1. The Morgan fingerprint density at radius 3 is 2.71 bits per heavy atom. The second-order valence-corrected chi connectivity index (χ2v) is 4.04. The predicted molar refractivity (Wildman–Crippen MR) is 54.0 cm³/mol. The van der Waals surface area contributed by atoms with E-state index in [-0.39, 0.29) is 17.7 Å². The Balaban J connectivity index is 2.42. The zero-order valence-electron chi connectivity index (χ0n) is 9.12. The van der Waals surface area contributed by atoms with Gasteiger partial charge in [0.1, 0.15) is 5.78 Å². The molecule has 4 nitrogen and oxygen atoms in total. The van der Waals surface area contributed by atoms with Crippen molar-refractivity contribution >= 4 is 11.7 Å². The van der Waals surface area contributed by atoms with Crippen LogP contribution in [0.15, 0.2) is 0 Å². The van der Waals surface area contributed by atoms with Crippen LogP contribution in [0.3, 0.4) is 0 Å². The van der Waals surface area contributed by atoms with Crippen molar-refractivity contribution < 1.29 is 9.59 Å². The molecule has 0 N–H and O–H groups in total. The van der Waals surface area contributed by atoms with E-state index in [0.29, 0.717) is 19.5 Å². The number of piperazine rings is 1. The lowest BCUT2D eigenvalue weighted by molar-refractivity contribution is -0.137. The van der Waals surface area contributed by atoms with Crippen LogP contribution >= 0.6 is 0 Å². The van der Waals surface area contributed by atoms with Crippen LogP contribution < -0.4 is 0 Å². The number of likely N-dealkylation sites (N-methyl/N-ethyl adjacent to an activating group) is 1. The number of carbonyl (C=O) groups excluding carboxylic acids is 2. The fourth-order valence-corrected chi connectivity index (χ4v) is 1.60. The molecule has 0 radical (unpaired) electrons. The zero-order chi connectivity index (χ0) is 10.7. The molecule has 0 saturated carbocycles. The Kier molecular flexibility index (Phi) is 3.63. The van der Waals surface area contributed by atoms with Crippen molar-refractivity contribution in [1.29, 1.82) is 0 Å². The van der Waals surface area contributed by atoms with Gasteiger partial charge in [0.2, 0.25) is 5.91 Å².